The number of halogens is 1. The maximum Gasteiger partial charge on any atom is 0.270 e. The van der Waals surface area contributed by atoms with Gasteiger partial charge in [0.1, 0.15) is 0 Å². The first-order valence-corrected chi connectivity index (χ1v) is 7.35. The molecule has 0 bridgehead atoms. The normalized spacial score (nSPS) is 10.7. The molecule has 110 valence electrons. The van der Waals surface area contributed by atoms with Gasteiger partial charge in [0.25, 0.3) is 11.6 Å². The van der Waals surface area contributed by atoms with E-state index in [1.165, 1.54) is 23.5 Å². The van der Waals surface area contributed by atoms with Crippen molar-refractivity contribution in [1.29, 1.82) is 0 Å². The van der Waals surface area contributed by atoms with Crippen LogP contribution in [0.4, 0.5) is 10.8 Å². The van der Waals surface area contributed by atoms with Gasteiger partial charge in [-0.1, -0.05) is 25.4 Å². The molecule has 0 saturated carbocycles. The summed E-state index contributed by atoms with van der Waals surface area (Å²) in [5.41, 5.74) is 0.904. The van der Waals surface area contributed by atoms with Gasteiger partial charge in [-0.05, 0) is 12.0 Å². The summed E-state index contributed by atoms with van der Waals surface area (Å²) in [6.45, 7) is 4.02. The van der Waals surface area contributed by atoms with Gasteiger partial charge in [0.05, 0.1) is 21.2 Å². The number of rotatable bonds is 4. The third-order valence-corrected chi connectivity index (χ3v) is 3.83. The fraction of sp³-hybridized carbons (Fsp3) is 0.231. The standard InChI is InChI=1S/C13H12ClN3O3S/c1-7(2)11-6-21-13(15-11)16-12(18)9-4-3-8(17(19)20)5-10(9)14/h3-7H,1-2H3,(H,15,16,18). The zero-order valence-corrected chi connectivity index (χ0v) is 12.9. The lowest BCUT2D eigenvalue weighted by Gasteiger charge is -2.04. The first-order valence-electron chi connectivity index (χ1n) is 6.09. The predicted octanol–water partition coefficient (Wildman–Crippen LogP) is 4.08. The molecular formula is C13H12ClN3O3S. The summed E-state index contributed by atoms with van der Waals surface area (Å²) in [6.07, 6.45) is 0. The van der Waals surface area contributed by atoms with E-state index >= 15 is 0 Å². The number of aromatic nitrogens is 1. The van der Waals surface area contributed by atoms with Crippen molar-refractivity contribution < 1.29 is 9.72 Å². The van der Waals surface area contributed by atoms with Crippen molar-refractivity contribution in [2.75, 3.05) is 5.32 Å². The van der Waals surface area contributed by atoms with E-state index in [2.05, 4.69) is 10.3 Å². The molecular weight excluding hydrogens is 314 g/mol. The number of non-ortho nitro benzene ring substituents is 1. The minimum Gasteiger partial charge on any atom is -0.298 e. The number of thiazole rings is 1. The minimum atomic E-state index is -0.566. The summed E-state index contributed by atoms with van der Waals surface area (Å²) in [5, 5.41) is 15.6. The van der Waals surface area contributed by atoms with Crippen LogP contribution in [0.25, 0.3) is 0 Å². The smallest absolute Gasteiger partial charge is 0.270 e. The Labute approximate surface area is 129 Å². The van der Waals surface area contributed by atoms with Crippen LogP contribution in [0, 0.1) is 10.1 Å². The quantitative estimate of drug-likeness (QED) is 0.678. The molecule has 2 aromatic rings. The highest BCUT2D eigenvalue weighted by Gasteiger charge is 2.16. The molecule has 1 N–H and O–H groups in total. The molecule has 1 aromatic heterocycles. The van der Waals surface area contributed by atoms with Gasteiger partial charge in [-0.25, -0.2) is 4.98 Å². The largest absolute Gasteiger partial charge is 0.298 e. The van der Waals surface area contributed by atoms with Crippen LogP contribution in [0.2, 0.25) is 5.02 Å². The zero-order valence-electron chi connectivity index (χ0n) is 11.3. The first kappa shape index (κ1) is 15.4. The Kier molecular flexibility index (Phi) is 4.54. The van der Waals surface area contributed by atoms with E-state index in [-0.39, 0.29) is 22.2 Å². The molecule has 1 aromatic carbocycles. The van der Waals surface area contributed by atoms with Crippen LogP contribution in [0.3, 0.4) is 0 Å². The van der Waals surface area contributed by atoms with E-state index < -0.39 is 10.8 Å². The molecule has 0 spiro atoms. The fourth-order valence-corrected chi connectivity index (χ4v) is 2.70. The molecule has 1 heterocycles. The van der Waals surface area contributed by atoms with Crippen LogP contribution in [0.15, 0.2) is 23.6 Å². The number of nitrogens with one attached hydrogen (secondary N) is 1. The number of hydrogen-bond acceptors (Lipinski definition) is 5. The fourth-order valence-electron chi connectivity index (χ4n) is 1.57. The molecule has 0 unspecified atom stereocenters. The molecule has 2 rings (SSSR count). The molecule has 0 saturated heterocycles. The monoisotopic (exact) mass is 325 g/mol. The molecule has 0 aliphatic rings. The second-order valence-corrected chi connectivity index (χ2v) is 5.87. The van der Waals surface area contributed by atoms with Crippen molar-refractivity contribution in [3.8, 4) is 0 Å². The molecule has 1 amide bonds. The number of nitrogens with zero attached hydrogens (tertiary/aromatic N) is 2. The highest BCUT2D eigenvalue weighted by molar-refractivity contribution is 7.14. The SMILES string of the molecule is CC(C)c1csc(NC(=O)c2ccc([N+](=O)[O-])cc2Cl)n1. The van der Waals surface area contributed by atoms with E-state index in [9.17, 15) is 14.9 Å². The third kappa shape index (κ3) is 3.56. The molecule has 6 nitrogen and oxygen atoms in total. The molecule has 21 heavy (non-hydrogen) atoms. The molecule has 0 fully saturated rings. The van der Waals surface area contributed by atoms with Crippen molar-refractivity contribution >= 4 is 39.7 Å². The number of benzene rings is 1. The number of nitro groups is 1. The highest BCUT2D eigenvalue weighted by atomic mass is 35.5. The van der Waals surface area contributed by atoms with Crippen LogP contribution in [0.5, 0.6) is 0 Å². The van der Waals surface area contributed by atoms with Gasteiger partial charge in [0, 0.05) is 17.5 Å². The van der Waals surface area contributed by atoms with Crippen LogP contribution in [-0.2, 0) is 0 Å². The number of amides is 1. The summed E-state index contributed by atoms with van der Waals surface area (Å²) < 4.78 is 0. The van der Waals surface area contributed by atoms with Gasteiger partial charge >= 0.3 is 0 Å². The topological polar surface area (TPSA) is 85.1 Å². The van der Waals surface area contributed by atoms with Crippen molar-refractivity contribution in [3.63, 3.8) is 0 Å². The Morgan fingerprint density at radius 1 is 1.48 bits per heavy atom. The summed E-state index contributed by atoms with van der Waals surface area (Å²) in [5.74, 6) is -0.172. The Hall–Kier alpha value is -1.99. The number of nitro benzene ring substituents is 1. The van der Waals surface area contributed by atoms with E-state index in [1.807, 2.05) is 19.2 Å². The maximum absolute atomic E-state index is 12.1. The van der Waals surface area contributed by atoms with Crippen molar-refractivity contribution in [1.82, 2.24) is 4.98 Å². The second-order valence-electron chi connectivity index (χ2n) is 4.61. The zero-order chi connectivity index (χ0) is 15.6. The van der Waals surface area contributed by atoms with E-state index in [4.69, 9.17) is 11.6 Å². The van der Waals surface area contributed by atoms with Crippen LogP contribution < -0.4 is 5.32 Å². The second kappa shape index (κ2) is 6.19. The van der Waals surface area contributed by atoms with Crippen molar-refractivity contribution in [2.24, 2.45) is 0 Å². The van der Waals surface area contributed by atoms with Gasteiger partial charge in [-0.3, -0.25) is 20.2 Å². The van der Waals surface area contributed by atoms with E-state index in [0.717, 1.165) is 11.8 Å². The highest BCUT2D eigenvalue weighted by Crippen LogP contribution is 2.25. The lowest BCUT2D eigenvalue weighted by Crippen LogP contribution is -2.12. The Morgan fingerprint density at radius 3 is 2.71 bits per heavy atom. The van der Waals surface area contributed by atoms with Crippen LogP contribution in [0.1, 0.15) is 35.8 Å². The number of anilines is 1. The van der Waals surface area contributed by atoms with Crippen molar-refractivity contribution in [2.45, 2.75) is 19.8 Å². The lowest BCUT2D eigenvalue weighted by atomic mass is 10.2. The Bertz CT molecular complexity index is 700. The van der Waals surface area contributed by atoms with E-state index in [1.54, 1.807) is 0 Å². The maximum atomic E-state index is 12.1. The molecule has 8 heteroatoms. The summed E-state index contributed by atoms with van der Waals surface area (Å²) in [7, 11) is 0. The van der Waals surface area contributed by atoms with E-state index in [0.29, 0.717) is 5.13 Å². The summed E-state index contributed by atoms with van der Waals surface area (Å²) in [4.78, 5) is 26.4. The molecule has 0 atom stereocenters. The Morgan fingerprint density at radius 2 is 2.19 bits per heavy atom. The van der Waals surface area contributed by atoms with Crippen LogP contribution in [-0.4, -0.2) is 15.8 Å². The molecule has 0 radical (unpaired) electrons. The van der Waals surface area contributed by atoms with Crippen molar-refractivity contribution in [3.05, 3.63) is 50.0 Å². The lowest BCUT2D eigenvalue weighted by molar-refractivity contribution is -0.384. The number of hydrogen-bond donors (Lipinski definition) is 1. The Balaban J connectivity index is 2.18. The van der Waals surface area contributed by atoms with Gasteiger partial charge in [0.15, 0.2) is 5.13 Å². The molecule has 0 aliphatic heterocycles. The summed E-state index contributed by atoms with van der Waals surface area (Å²) >= 11 is 7.23. The first-order chi connectivity index (χ1) is 9.88. The van der Waals surface area contributed by atoms with Gasteiger partial charge < -0.3 is 0 Å². The average Bonchev–Trinajstić information content (AvgIpc) is 2.87. The predicted molar refractivity (Wildman–Crippen MR) is 82.3 cm³/mol. The van der Waals surface area contributed by atoms with Crippen LogP contribution >= 0.6 is 22.9 Å². The van der Waals surface area contributed by atoms with Gasteiger partial charge in [0.2, 0.25) is 0 Å². The van der Waals surface area contributed by atoms with Gasteiger partial charge in [-0.15, -0.1) is 11.3 Å². The minimum absolute atomic E-state index is 0.0299. The number of carbonyl (C=O) groups excluding carboxylic acids is 1. The third-order valence-electron chi connectivity index (χ3n) is 2.74. The molecule has 0 aliphatic carbocycles. The summed E-state index contributed by atoms with van der Waals surface area (Å²) in [6, 6.07) is 3.72. The number of carbonyl (C=O) groups is 1. The average molecular weight is 326 g/mol. The van der Waals surface area contributed by atoms with Gasteiger partial charge in [-0.2, -0.15) is 0 Å².